The Morgan fingerprint density at radius 3 is 2.28 bits per heavy atom. The van der Waals surface area contributed by atoms with Crippen molar-refractivity contribution < 1.29 is 9.53 Å². The molecule has 1 aromatic heterocycles. The second-order valence-corrected chi connectivity index (χ2v) is 8.14. The molecular formula is C19H30N4O2. The second kappa shape index (κ2) is 7.58. The SMILES string of the molecule is CC(C)(C)C(=O)N1CCN(c2ccc(OC3CCCCC3)nn2)CC1. The van der Waals surface area contributed by atoms with Gasteiger partial charge in [0.25, 0.3) is 0 Å². The molecule has 0 atom stereocenters. The summed E-state index contributed by atoms with van der Waals surface area (Å²) in [4.78, 5) is 16.5. The first-order chi connectivity index (χ1) is 11.9. The van der Waals surface area contributed by atoms with Gasteiger partial charge in [0.05, 0.1) is 0 Å². The van der Waals surface area contributed by atoms with Gasteiger partial charge >= 0.3 is 0 Å². The number of hydrogen-bond donors (Lipinski definition) is 0. The molecule has 6 nitrogen and oxygen atoms in total. The van der Waals surface area contributed by atoms with Crippen molar-refractivity contribution in [1.29, 1.82) is 0 Å². The number of rotatable bonds is 3. The number of piperazine rings is 1. The molecule has 1 aliphatic carbocycles. The van der Waals surface area contributed by atoms with E-state index >= 15 is 0 Å². The summed E-state index contributed by atoms with van der Waals surface area (Å²) in [6.45, 7) is 8.96. The fraction of sp³-hybridized carbons (Fsp3) is 0.737. The molecule has 2 aliphatic rings. The number of anilines is 1. The van der Waals surface area contributed by atoms with Crippen molar-refractivity contribution in [2.24, 2.45) is 5.41 Å². The molecule has 0 unspecified atom stereocenters. The van der Waals surface area contributed by atoms with Gasteiger partial charge in [-0.25, -0.2) is 0 Å². The zero-order chi connectivity index (χ0) is 17.9. The molecule has 2 fully saturated rings. The number of aromatic nitrogens is 2. The minimum atomic E-state index is -0.319. The summed E-state index contributed by atoms with van der Waals surface area (Å²) in [5.41, 5.74) is -0.319. The molecule has 1 saturated heterocycles. The largest absolute Gasteiger partial charge is 0.473 e. The zero-order valence-electron chi connectivity index (χ0n) is 15.7. The molecule has 0 N–H and O–H groups in total. The van der Waals surface area contributed by atoms with E-state index < -0.39 is 0 Å². The van der Waals surface area contributed by atoms with E-state index in [2.05, 4.69) is 15.1 Å². The normalized spacial score (nSPS) is 19.8. The quantitative estimate of drug-likeness (QED) is 0.842. The molecule has 0 radical (unpaired) electrons. The van der Waals surface area contributed by atoms with Crippen molar-refractivity contribution in [2.75, 3.05) is 31.1 Å². The van der Waals surface area contributed by atoms with Crippen LogP contribution in [0.4, 0.5) is 5.82 Å². The number of carbonyl (C=O) groups excluding carboxylic acids is 1. The van der Waals surface area contributed by atoms with E-state index in [0.717, 1.165) is 44.8 Å². The molecule has 0 bridgehead atoms. The summed E-state index contributed by atoms with van der Waals surface area (Å²) in [5.74, 6) is 1.70. The summed E-state index contributed by atoms with van der Waals surface area (Å²) in [7, 11) is 0. The lowest BCUT2D eigenvalue weighted by Gasteiger charge is -2.38. The Labute approximate surface area is 150 Å². The number of ether oxygens (including phenoxy) is 1. The van der Waals surface area contributed by atoms with Crippen molar-refractivity contribution in [3.8, 4) is 5.88 Å². The number of nitrogens with zero attached hydrogens (tertiary/aromatic N) is 4. The minimum Gasteiger partial charge on any atom is -0.473 e. The summed E-state index contributed by atoms with van der Waals surface area (Å²) in [6, 6.07) is 3.90. The van der Waals surface area contributed by atoms with Crippen molar-refractivity contribution in [3.63, 3.8) is 0 Å². The van der Waals surface area contributed by atoms with E-state index in [4.69, 9.17) is 4.74 Å². The number of amides is 1. The Balaban J connectivity index is 1.52. The van der Waals surface area contributed by atoms with Crippen LogP contribution < -0.4 is 9.64 Å². The Kier molecular flexibility index (Phi) is 5.45. The van der Waals surface area contributed by atoms with E-state index in [0.29, 0.717) is 12.0 Å². The molecule has 6 heteroatoms. The Morgan fingerprint density at radius 2 is 1.72 bits per heavy atom. The minimum absolute atomic E-state index is 0.217. The van der Waals surface area contributed by atoms with Gasteiger partial charge in [-0.05, 0) is 31.7 Å². The van der Waals surface area contributed by atoms with Crippen LogP contribution in [0.25, 0.3) is 0 Å². The third-order valence-corrected chi connectivity index (χ3v) is 5.00. The second-order valence-electron chi connectivity index (χ2n) is 8.14. The van der Waals surface area contributed by atoms with Gasteiger partial charge < -0.3 is 14.5 Å². The van der Waals surface area contributed by atoms with Gasteiger partial charge in [-0.3, -0.25) is 4.79 Å². The highest BCUT2D eigenvalue weighted by atomic mass is 16.5. The maximum Gasteiger partial charge on any atom is 0.233 e. The summed E-state index contributed by atoms with van der Waals surface area (Å²) in [5, 5.41) is 8.58. The van der Waals surface area contributed by atoms with Crippen molar-refractivity contribution >= 4 is 11.7 Å². The Bertz CT molecular complexity index is 568. The molecule has 25 heavy (non-hydrogen) atoms. The predicted octanol–water partition coefficient (Wildman–Crippen LogP) is 2.88. The Hall–Kier alpha value is -1.85. The molecular weight excluding hydrogens is 316 g/mol. The highest BCUT2D eigenvalue weighted by molar-refractivity contribution is 5.81. The van der Waals surface area contributed by atoms with Gasteiger partial charge in [0.1, 0.15) is 6.10 Å². The maximum atomic E-state index is 12.4. The van der Waals surface area contributed by atoms with Gasteiger partial charge in [0, 0.05) is 37.7 Å². The third-order valence-electron chi connectivity index (χ3n) is 5.00. The van der Waals surface area contributed by atoms with Crippen LogP contribution in [-0.2, 0) is 4.79 Å². The molecule has 1 aromatic rings. The number of carbonyl (C=O) groups is 1. The van der Waals surface area contributed by atoms with E-state index in [1.54, 1.807) is 0 Å². The first-order valence-electron chi connectivity index (χ1n) is 9.48. The van der Waals surface area contributed by atoms with Crippen LogP contribution in [0.5, 0.6) is 5.88 Å². The third kappa shape index (κ3) is 4.61. The molecule has 138 valence electrons. The fourth-order valence-corrected chi connectivity index (χ4v) is 3.51. The zero-order valence-corrected chi connectivity index (χ0v) is 15.7. The van der Waals surface area contributed by atoms with Gasteiger partial charge in [-0.2, -0.15) is 0 Å². The first kappa shape index (κ1) is 18.0. The van der Waals surface area contributed by atoms with Crippen LogP contribution in [-0.4, -0.2) is 53.3 Å². The monoisotopic (exact) mass is 346 g/mol. The molecule has 0 spiro atoms. The number of hydrogen-bond acceptors (Lipinski definition) is 5. The highest BCUT2D eigenvalue weighted by Crippen LogP contribution is 2.23. The van der Waals surface area contributed by atoms with Gasteiger partial charge in [-0.15, -0.1) is 10.2 Å². The van der Waals surface area contributed by atoms with Crippen LogP contribution in [0.15, 0.2) is 12.1 Å². The van der Waals surface area contributed by atoms with Crippen LogP contribution >= 0.6 is 0 Å². The Morgan fingerprint density at radius 1 is 1.04 bits per heavy atom. The first-order valence-corrected chi connectivity index (χ1v) is 9.48. The molecule has 1 saturated carbocycles. The summed E-state index contributed by atoms with van der Waals surface area (Å²) < 4.78 is 5.94. The van der Waals surface area contributed by atoms with E-state index in [1.165, 1.54) is 19.3 Å². The fourth-order valence-electron chi connectivity index (χ4n) is 3.51. The lowest BCUT2D eigenvalue weighted by Crippen LogP contribution is -2.51. The molecule has 0 aromatic carbocycles. The van der Waals surface area contributed by atoms with Gasteiger partial charge in [0.2, 0.25) is 11.8 Å². The van der Waals surface area contributed by atoms with Crippen LogP contribution in [0.1, 0.15) is 52.9 Å². The van der Waals surface area contributed by atoms with Gasteiger partial charge in [0.15, 0.2) is 5.82 Å². The van der Waals surface area contributed by atoms with E-state index in [9.17, 15) is 4.79 Å². The summed E-state index contributed by atoms with van der Waals surface area (Å²) in [6.07, 6.45) is 6.33. The molecule has 2 heterocycles. The van der Waals surface area contributed by atoms with Gasteiger partial charge in [-0.1, -0.05) is 27.2 Å². The maximum absolute atomic E-state index is 12.4. The topological polar surface area (TPSA) is 58.6 Å². The average Bonchev–Trinajstić information content (AvgIpc) is 2.62. The lowest BCUT2D eigenvalue weighted by atomic mass is 9.94. The van der Waals surface area contributed by atoms with Crippen LogP contribution in [0, 0.1) is 5.41 Å². The summed E-state index contributed by atoms with van der Waals surface area (Å²) >= 11 is 0. The molecule has 1 amide bonds. The average molecular weight is 346 g/mol. The van der Waals surface area contributed by atoms with Crippen molar-refractivity contribution in [1.82, 2.24) is 15.1 Å². The van der Waals surface area contributed by atoms with E-state index in [1.807, 2.05) is 37.8 Å². The van der Waals surface area contributed by atoms with Crippen molar-refractivity contribution in [3.05, 3.63) is 12.1 Å². The highest BCUT2D eigenvalue weighted by Gasteiger charge is 2.30. The lowest BCUT2D eigenvalue weighted by molar-refractivity contribution is -0.139. The van der Waals surface area contributed by atoms with Crippen molar-refractivity contribution in [2.45, 2.75) is 59.0 Å². The smallest absolute Gasteiger partial charge is 0.233 e. The standard InChI is InChI=1S/C19H30N4O2/c1-19(2,3)18(24)23-13-11-22(12-14-23)16-9-10-17(21-20-16)25-15-7-5-4-6-8-15/h9-10,15H,4-8,11-14H2,1-3H3. The van der Waals surface area contributed by atoms with Crippen LogP contribution in [0.2, 0.25) is 0 Å². The van der Waals surface area contributed by atoms with Crippen LogP contribution in [0.3, 0.4) is 0 Å². The predicted molar refractivity (Wildman–Crippen MR) is 97.8 cm³/mol. The van der Waals surface area contributed by atoms with E-state index in [-0.39, 0.29) is 11.3 Å². The molecule has 3 rings (SSSR count). The molecule has 1 aliphatic heterocycles.